The second kappa shape index (κ2) is 7.27. The van der Waals surface area contributed by atoms with Gasteiger partial charge in [-0.15, -0.1) is 0 Å². The van der Waals surface area contributed by atoms with E-state index in [-0.39, 0.29) is 5.91 Å². The van der Waals surface area contributed by atoms with Crippen LogP contribution in [-0.4, -0.2) is 19.1 Å². The molecule has 1 amide bonds. The largest absolute Gasteiger partial charge is 0.491 e. The van der Waals surface area contributed by atoms with Gasteiger partial charge in [0.05, 0.1) is 6.54 Å². The molecule has 0 heterocycles. The van der Waals surface area contributed by atoms with Crippen molar-refractivity contribution in [1.82, 2.24) is 5.32 Å². The number of nitrogens with one attached hydrogen (secondary N) is 1. The lowest BCUT2D eigenvalue weighted by molar-refractivity contribution is 0.0947. The first-order valence-corrected chi connectivity index (χ1v) is 7.59. The monoisotopic (exact) mass is 347 g/mol. The Bertz CT molecular complexity index is 623. The van der Waals surface area contributed by atoms with E-state index in [1.54, 1.807) is 12.1 Å². The van der Waals surface area contributed by atoms with Crippen LogP contribution < -0.4 is 10.1 Å². The highest BCUT2D eigenvalue weighted by atomic mass is 79.9. The summed E-state index contributed by atoms with van der Waals surface area (Å²) < 4.78 is 6.66. The van der Waals surface area contributed by atoms with E-state index in [0.29, 0.717) is 18.7 Å². The van der Waals surface area contributed by atoms with Gasteiger partial charge in [-0.3, -0.25) is 4.79 Å². The molecule has 0 aliphatic rings. The molecule has 0 saturated heterocycles. The molecule has 0 unspecified atom stereocenters. The maximum absolute atomic E-state index is 11.9. The van der Waals surface area contributed by atoms with Gasteiger partial charge in [0, 0.05) is 10.0 Å². The number of carbonyl (C=O) groups excluding carboxylic acids is 1. The Labute approximate surface area is 133 Å². The van der Waals surface area contributed by atoms with Crippen molar-refractivity contribution in [1.29, 1.82) is 0 Å². The van der Waals surface area contributed by atoms with Gasteiger partial charge in [-0.2, -0.15) is 0 Å². The van der Waals surface area contributed by atoms with Crippen molar-refractivity contribution in [2.45, 2.75) is 13.8 Å². The minimum Gasteiger partial charge on any atom is -0.491 e. The van der Waals surface area contributed by atoms with E-state index in [9.17, 15) is 4.79 Å². The predicted octanol–water partition coefficient (Wildman–Crippen LogP) is 3.87. The molecule has 1 N–H and O–H groups in total. The molecule has 0 bridgehead atoms. The van der Waals surface area contributed by atoms with E-state index in [2.05, 4.69) is 27.3 Å². The zero-order chi connectivity index (χ0) is 15.2. The number of benzene rings is 2. The number of rotatable bonds is 5. The number of halogens is 1. The van der Waals surface area contributed by atoms with Gasteiger partial charge in [-0.25, -0.2) is 0 Å². The van der Waals surface area contributed by atoms with Crippen molar-refractivity contribution in [2.24, 2.45) is 0 Å². The van der Waals surface area contributed by atoms with E-state index in [4.69, 9.17) is 4.74 Å². The Morgan fingerprint density at radius 1 is 1.14 bits per heavy atom. The molecule has 0 saturated carbocycles. The molecule has 0 spiro atoms. The summed E-state index contributed by atoms with van der Waals surface area (Å²) in [5.41, 5.74) is 2.90. The number of ether oxygens (including phenoxy) is 1. The summed E-state index contributed by atoms with van der Waals surface area (Å²) in [4.78, 5) is 11.9. The fraction of sp³-hybridized carbons (Fsp3) is 0.235. The molecular weight excluding hydrogens is 330 g/mol. The first kappa shape index (κ1) is 15.6. The highest BCUT2D eigenvalue weighted by molar-refractivity contribution is 9.10. The lowest BCUT2D eigenvalue weighted by Gasteiger charge is -2.10. The average molecular weight is 348 g/mol. The zero-order valence-corrected chi connectivity index (χ0v) is 13.7. The highest BCUT2D eigenvalue weighted by Crippen LogP contribution is 2.18. The maximum atomic E-state index is 11.9. The molecular formula is C17H18BrNO2. The molecule has 0 radical (unpaired) electrons. The van der Waals surface area contributed by atoms with Crippen LogP contribution in [0, 0.1) is 13.8 Å². The van der Waals surface area contributed by atoms with Crippen LogP contribution >= 0.6 is 15.9 Å². The van der Waals surface area contributed by atoms with Crippen LogP contribution in [0.15, 0.2) is 46.9 Å². The van der Waals surface area contributed by atoms with Gasteiger partial charge in [0.2, 0.25) is 0 Å². The van der Waals surface area contributed by atoms with Crippen LogP contribution in [0.3, 0.4) is 0 Å². The van der Waals surface area contributed by atoms with Crippen molar-refractivity contribution in [3.63, 3.8) is 0 Å². The summed E-state index contributed by atoms with van der Waals surface area (Å²) >= 11 is 3.35. The van der Waals surface area contributed by atoms with E-state index in [1.807, 2.05) is 38.1 Å². The standard InChI is InChI=1S/C17H18BrNO2/c1-12-3-4-13(2)16(11-12)21-10-9-19-17(20)14-5-7-15(18)8-6-14/h3-8,11H,9-10H2,1-2H3,(H,19,20). The van der Waals surface area contributed by atoms with Crippen LogP contribution in [0.4, 0.5) is 0 Å². The fourth-order valence-electron chi connectivity index (χ4n) is 1.89. The van der Waals surface area contributed by atoms with Crippen molar-refractivity contribution < 1.29 is 9.53 Å². The van der Waals surface area contributed by atoms with Gasteiger partial charge in [-0.05, 0) is 55.3 Å². The normalized spacial score (nSPS) is 10.2. The number of aryl methyl sites for hydroxylation is 2. The number of hydrogen-bond donors (Lipinski definition) is 1. The van der Waals surface area contributed by atoms with Gasteiger partial charge in [0.25, 0.3) is 5.91 Å². The summed E-state index contributed by atoms with van der Waals surface area (Å²) in [5, 5.41) is 2.84. The molecule has 0 aromatic heterocycles. The molecule has 0 aliphatic heterocycles. The Balaban J connectivity index is 1.80. The lowest BCUT2D eigenvalue weighted by Crippen LogP contribution is -2.28. The molecule has 2 aromatic carbocycles. The van der Waals surface area contributed by atoms with Crippen molar-refractivity contribution >= 4 is 21.8 Å². The van der Waals surface area contributed by atoms with Gasteiger partial charge >= 0.3 is 0 Å². The second-order valence-corrected chi connectivity index (χ2v) is 5.80. The molecule has 0 atom stereocenters. The Hall–Kier alpha value is -1.81. The van der Waals surface area contributed by atoms with Crippen LogP contribution in [0.5, 0.6) is 5.75 Å². The summed E-state index contributed by atoms with van der Waals surface area (Å²) in [5.74, 6) is 0.778. The molecule has 110 valence electrons. The molecule has 0 aliphatic carbocycles. The molecule has 4 heteroatoms. The number of carbonyl (C=O) groups is 1. The molecule has 2 aromatic rings. The SMILES string of the molecule is Cc1ccc(C)c(OCCNC(=O)c2ccc(Br)cc2)c1. The molecule has 3 nitrogen and oxygen atoms in total. The molecule has 21 heavy (non-hydrogen) atoms. The summed E-state index contributed by atoms with van der Waals surface area (Å²) in [6.45, 7) is 4.96. The predicted molar refractivity (Wildman–Crippen MR) is 87.9 cm³/mol. The Kier molecular flexibility index (Phi) is 5.39. The second-order valence-electron chi connectivity index (χ2n) is 4.88. The third-order valence-electron chi connectivity index (χ3n) is 3.10. The lowest BCUT2D eigenvalue weighted by atomic mass is 10.1. The Morgan fingerprint density at radius 2 is 1.86 bits per heavy atom. The quantitative estimate of drug-likeness (QED) is 0.833. The van der Waals surface area contributed by atoms with E-state index in [0.717, 1.165) is 21.3 Å². The van der Waals surface area contributed by atoms with Gasteiger partial charge in [0.15, 0.2) is 0 Å². The van der Waals surface area contributed by atoms with Crippen LogP contribution in [-0.2, 0) is 0 Å². The third-order valence-corrected chi connectivity index (χ3v) is 3.62. The number of hydrogen-bond acceptors (Lipinski definition) is 2. The van der Waals surface area contributed by atoms with Crippen LogP contribution in [0.25, 0.3) is 0 Å². The Morgan fingerprint density at radius 3 is 2.57 bits per heavy atom. The topological polar surface area (TPSA) is 38.3 Å². The van der Waals surface area contributed by atoms with Gasteiger partial charge < -0.3 is 10.1 Å². The van der Waals surface area contributed by atoms with Crippen molar-refractivity contribution in [3.8, 4) is 5.75 Å². The van der Waals surface area contributed by atoms with Crippen molar-refractivity contribution in [2.75, 3.05) is 13.2 Å². The minimum absolute atomic E-state index is 0.0907. The average Bonchev–Trinajstić information content (AvgIpc) is 2.47. The first-order valence-electron chi connectivity index (χ1n) is 6.80. The summed E-state index contributed by atoms with van der Waals surface area (Å²) in [6.07, 6.45) is 0. The van der Waals surface area contributed by atoms with E-state index in [1.165, 1.54) is 0 Å². The van der Waals surface area contributed by atoms with Crippen LogP contribution in [0.1, 0.15) is 21.5 Å². The van der Waals surface area contributed by atoms with Crippen molar-refractivity contribution in [3.05, 3.63) is 63.6 Å². The molecule has 2 rings (SSSR count). The van der Waals surface area contributed by atoms with Gasteiger partial charge in [0.1, 0.15) is 12.4 Å². The molecule has 0 fully saturated rings. The summed E-state index contributed by atoms with van der Waals surface area (Å²) in [6, 6.07) is 13.4. The number of amides is 1. The minimum atomic E-state index is -0.0907. The zero-order valence-electron chi connectivity index (χ0n) is 12.2. The first-order chi connectivity index (χ1) is 10.1. The maximum Gasteiger partial charge on any atom is 0.251 e. The summed E-state index contributed by atoms with van der Waals surface area (Å²) in [7, 11) is 0. The van der Waals surface area contributed by atoms with E-state index >= 15 is 0 Å². The highest BCUT2D eigenvalue weighted by Gasteiger charge is 2.05. The fourth-order valence-corrected chi connectivity index (χ4v) is 2.16. The third kappa shape index (κ3) is 4.60. The van der Waals surface area contributed by atoms with Crippen LogP contribution in [0.2, 0.25) is 0 Å². The van der Waals surface area contributed by atoms with E-state index < -0.39 is 0 Å². The van der Waals surface area contributed by atoms with Gasteiger partial charge in [-0.1, -0.05) is 28.1 Å². The smallest absolute Gasteiger partial charge is 0.251 e.